The summed E-state index contributed by atoms with van der Waals surface area (Å²) in [5.41, 5.74) is 5.20. The smallest absolute Gasteiger partial charge is 0.276 e. The lowest BCUT2D eigenvalue weighted by Gasteiger charge is -2.12. The third kappa shape index (κ3) is 8.72. The Hall–Kier alpha value is -3.63. The van der Waals surface area contributed by atoms with E-state index in [1.54, 1.807) is 48.5 Å². The van der Waals surface area contributed by atoms with Crippen LogP contribution in [0.4, 0.5) is 0 Å². The minimum atomic E-state index is -0.461. The molecule has 34 heavy (non-hydrogen) atoms. The molecule has 3 aromatic carbocycles. The SMILES string of the molecule is O=C(COc1ccc(Br)cc1)NNC(=S)NC(=O)c1ccc(OCCOc2ccccc2)cc1. The van der Waals surface area contributed by atoms with E-state index in [1.807, 2.05) is 30.3 Å². The Labute approximate surface area is 210 Å². The van der Waals surface area contributed by atoms with E-state index < -0.39 is 11.8 Å². The fourth-order valence-corrected chi connectivity index (χ4v) is 3.00. The maximum absolute atomic E-state index is 12.3. The topological polar surface area (TPSA) is 97.9 Å². The van der Waals surface area contributed by atoms with E-state index in [4.69, 9.17) is 26.4 Å². The number of amides is 2. The normalized spacial score (nSPS) is 10.0. The molecule has 0 aliphatic heterocycles. The van der Waals surface area contributed by atoms with Crippen molar-refractivity contribution in [3.63, 3.8) is 0 Å². The maximum Gasteiger partial charge on any atom is 0.276 e. The van der Waals surface area contributed by atoms with Gasteiger partial charge in [0, 0.05) is 10.0 Å². The minimum absolute atomic E-state index is 0.0552. The number of thiocarbonyl (C=S) groups is 1. The molecule has 10 heteroatoms. The van der Waals surface area contributed by atoms with Crippen LogP contribution in [0.5, 0.6) is 17.2 Å². The Kier molecular flexibility index (Phi) is 9.68. The van der Waals surface area contributed by atoms with Crippen molar-refractivity contribution in [3.8, 4) is 17.2 Å². The Morgan fingerprint density at radius 1 is 0.735 bits per heavy atom. The first-order chi connectivity index (χ1) is 16.5. The summed E-state index contributed by atoms with van der Waals surface area (Å²) in [6, 6.07) is 23.1. The number of para-hydroxylation sites is 1. The molecule has 0 unspecified atom stereocenters. The van der Waals surface area contributed by atoms with Gasteiger partial charge in [-0.25, -0.2) is 0 Å². The van der Waals surface area contributed by atoms with E-state index in [0.29, 0.717) is 30.3 Å². The predicted octanol–water partition coefficient (Wildman–Crippen LogP) is 3.62. The molecule has 2 amide bonds. The molecule has 3 aromatic rings. The Bertz CT molecular complexity index is 1100. The number of carbonyl (C=O) groups excluding carboxylic acids is 2. The van der Waals surface area contributed by atoms with Crippen LogP contribution in [0.25, 0.3) is 0 Å². The molecule has 0 bridgehead atoms. The molecule has 0 saturated heterocycles. The van der Waals surface area contributed by atoms with Crippen LogP contribution in [0, 0.1) is 0 Å². The highest BCUT2D eigenvalue weighted by Gasteiger charge is 2.09. The molecule has 0 spiro atoms. The highest BCUT2D eigenvalue weighted by Crippen LogP contribution is 2.16. The second-order valence-electron chi connectivity index (χ2n) is 6.73. The van der Waals surface area contributed by atoms with Crippen molar-refractivity contribution >= 4 is 45.1 Å². The van der Waals surface area contributed by atoms with Gasteiger partial charge in [-0.05, 0) is 72.9 Å². The van der Waals surface area contributed by atoms with Crippen LogP contribution in [0.2, 0.25) is 0 Å². The molecule has 0 aliphatic carbocycles. The van der Waals surface area contributed by atoms with Gasteiger partial charge in [0.1, 0.15) is 30.5 Å². The fraction of sp³-hybridized carbons (Fsp3) is 0.125. The zero-order valence-corrected chi connectivity index (χ0v) is 20.4. The zero-order chi connectivity index (χ0) is 24.2. The van der Waals surface area contributed by atoms with E-state index in [-0.39, 0.29) is 11.7 Å². The molecule has 0 aliphatic rings. The molecule has 0 saturated carbocycles. The molecule has 0 aromatic heterocycles. The standard InChI is InChI=1S/C24H22BrN3O5S/c25-18-8-12-21(13-9-18)33-16-22(29)27-28-24(34)26-23(30)17-6-10-20(11-7-17)32-15-14-31-19-4-2-1-3-5-19/h1-13H,14-16H2,(H,27,29)(H2,26,28,30,34). The van der Waals surface area contributed by atoms with Crippen molar-refractivity contribution in [1.29, 1.82) is 0 Å². The molecular weight excluding hydrogens is 522 g/mol. The number of benzene rings is 3. The van der Waals surface area contributed by atoms with E-state index in [9.17, 15) is 9.59 Å². The van der Waals surface area contributed by atoms with Gasteiger partial charge in [0.25, 0.3) is 11.8 Å². The van der Waals surface area contributed by atoms with Crippen LogP contribution in [0.15, 0.2) is 83.3 Å². The molecule has 3 rings (SSSR count). The van der Waals surface area contributed by atoms with Gasteiger partial charge in [-0.3, -0.25) is 25.8 Å². The molecule has 0 fully saturated rings. The monoisotopic (exact) mass is 543 g/mol. The number of hydrazine groups is 1. The van der Waals surface area contributed by atoms with Crippen LogP contribution in [-0.2, 0) is 4.79 Å². The quantitative estimate of drug-likeness (QED) is 0.215. The second kappa shape index (κ2) is 13.2. The van der Waals surface area contributed by atoms with Crippen molar-refractivity contribution in [2.75, 3.05) is 19.8 Å². The van der Waals surface area contributed by atoms with Crippen LogP contribution in [0.1, 0.15) is 10.4 Å². The van der Waals surface area contributed by atoms with Gasteiger partial charge in [0.05, 0.1) is 0 Å². The third-order valence-electron chi connectivity index (χ3n) is 4.21. The van der Waals surface area contributed by atoms with Crippen LogP contribution in [0.3, 0.4) is 0 Å². The molecule has 0 radical (unpaired) electrons. The molecule has 8 nitrogen and oxygen atoms in total. The van der Waals surface area contributed by atoms with Crippen molar-refractivity contribution in [3.05, 3.63) is 88.9 Å². The zero-order valence-electron chi connectivity index (χ0n) is 18.0. The lowest BCUT2D eigenvalue weighted by molar-refractivity contribution is -0.123. The highest BCUT2D eigenvalue weighted by atomic mass is 79.9. The van der Waals surface area contributed by atoms with Gasteiger partial charge in [-0.15, -0.1) is 0 Å². The summed E-state index contributed by atoms with van der Waals surface area (Å²) in [6.07, 6.45) is 0. The van der Waals surface area contributed by atoms with Crippen molar-refractivity contribution < 1.29 is 23.8 Å². The van der Waals surface area contributed by atoms with Crippen molar-refractivity contribution in [2.45, 2.75) is 0 Å². The number of halogens is 1. The minimum Gasteiger partial charge on any atom is -0.490 e. The highest BCUT2D eigenvalue weighted by molar-refractivity contribution is 9.10. The summed E-state index contributed by atoms with van der Waals surface area (Å²) in [4.78, 5) is 24.2. The summed E-state index contributed by atoms with van der Waals surface area (Å²) in [5, 5.41) is 2.43. The van der Waals surface area contributed by atoms with Crippen LogP contribution >= 0.6 is 28.1 Å². The third-order valence-corrected chi connectivity index (χ3v) is 4.94. The number of nitrogens with one attached hydrogen (secondary N) is 3. The Morgan fingerprint density at radius 2 is 1.29 bits per heavy atom. The summed E-state index contributed by atoms with van der Waals surface area (Å²) in [6.45, 7) is 0.537. The number of carbonyl (C=O) groups is 2. The van der Waals surface area contributed by atoms with Gasteiger partial charge in [-0.2, -0.15) is 0 Å². The Morgan fingerprint density at radius 3 is 1.94 bits per heavy atom. The van der Waals surface area contributed by atoms with Gasteiger partial charge < -0.3 is 14.2 Å². The van der Waals surface area contributed by atoms with Crippen molar-refractivity contribution in [1.82, 2.24) is 16.2 Å². The average molecular weight is 544 g/mol. The van der Waals surface area contributed by atoms with Gasteiger partial charge in [0.15, 0.2) is 11.7 Å². The van der Waals surface area contributed by atoms with Crippen LogP contribution in [-0.4, -0.2) is 36.7 Å². The fourth-order valence-electron chi connectivity index (χ4n) is 2.59. The first-order valence-corrected chi connectivity index (χ1v) is 11.4. The molecule has 3 N–H and O–H groups in total. The molecule has 0 heterocycles. The summed E-state index contributed by atoms with van der Waals surface area (Å²) in [7, 11) is 0. The number of rotatable bonds is 9. The largest absolute Gasteiger partial charge is 0.490 e. The first-order valence-electron chi connectivity index (χ1n) is 10.2. The molecular formula is C24H22BrN3O5S. The number of ether oxygens (including phenoxy) is 3. The summed E-state index contributed by atoms with van der Waals surface area (Å²) >= 11 is 8.36. The number of hydrogen-bond donors (Lipinski definition) is 3. The van der Waals surface area contributed by atoms with E-state index in [2.05, 4.69) is 32.1 Å². The van der Waals surface area contributed by atoms with E-state index in [0.717, 1.165) is 10.2 Å². The maximum atomic E-state index is 12.3. The van der Waals surface area contributed by atoms with Gasteiger partial charge in [0.2, 0.25) is 0 Å². The van der Waals surface area contributed by atoms with E-state index in [1.165, 1.54) is 0 Å². The van der Waals surface area contributed by atoms with Gasteiger partial charge >= 0.3 is 0 Å². The molecule has 0 atom stereocenters. The summed E-state index contributed by atoms with van der Waals surface area (Å²) < 4.78 is 17.4. The number of hydrogen-bond acceptors (Lipinski definition) is 6. The second-order valence-corrected chi connectivity index (χ2v) is 8.06. The Balaban J connectivity index is 1.33. The van der Waals surface area contributed by atoms with Gasteiger partial charge in [-0.1, -0.05) is 34.1 Å². The summed E-state index contributed by atoms with van der Waals surface area (Å²) in [5.74, 6) is 1.03. The average Bonchev–Trinajstić information content (AvgIpc) is 2.86. The van der Waals surface area contributed by atoms with Crippen molar-refractivity contribution in [2.24, 2.45) is 0 Å². The lowest BCUT2D eigenvalue weighted by atomic mass is 10.2. The molecule has 176 valence electrons. The predicted molar refractivity (Wildman–Crippen MR) is 135 cm³/mol. The van der Waals surface area contributed by atoms with Crippen LogP contribution < -0.4 is 30.4 Å². The lowest BCUT2D eigenvalue weighted by Crippen LogP contribution is -2.49. The first kappa shape index (κ1) is 25.0. The van der Waals surface area contributed by atoms with E-state index >= 15 is 0 Å².